The molecule has 2 aliphatic rings. The van der Waals surface area contributed by atoms with Crippen molar-refractivity contribution in [3.8, 4) is 0 Å². The molecule has 3 unspecified atom stereocenters. The fourth-order valence-corrected chi connectivity index (χ4v) is 4.14. The molecule has 0 aromatic carbocycles. The molecule has 0 aromatic heterocycles. The van der Waals surface area contributed by atoms with Gasteiger partial charge in [0, 0.05) is 12.3 Å². The van der Waals surface area contributed by atoms with Gasteiger partial charge >= 0.3 is 0 Å². The second kappa shape index (κ2) is 14.5. The Morgan fingerprint density at radius 1 is 0.893 bits per heavy atom. The van der Waals surface area contributed by atoms with E-state index in [0.29, 0.717) is 35.4 Å². The number of Topliss-reactive ketones (excluding diaryl/α,β-unsaturated/α-hetero) is 1. The minimum absolute atomic E-state index is 0.0289. The maximum Gasteiger partial charge on any atom is 0.136 e. The average Bonchev–Trinajstić information content (AvgIpc) is 2.61. The maximum atomic E-state index is 11.4. The van der Waals surface area contributed by atoms with Gasteiger partial charge in [-0.2, -0.15) is 0 Å². The van der Waals surface area contributed by atoms with Crippen molar-refractivity contribution in [1.82, 2.24) is 0 Å². The number of aliphatic hydroxyl groups excluding tert-OH is 4. The summed E-state index contributed by atoms with van der Waals surface area (Å²) in [5, 5.41) is 33.7. The quantitative estimate of drug-likeness (QED) is 0.578. The maximum absolute atomic E-state index is 11.4. The molecule has 2 rings (SSSR count). The first-order valence-corrected chi connectivity index (χ1v) is 11.1. The third kappa shape index (κ3) is 10.9. The van der Waals surface area contributed by atoms with Crippen LogP contribution in [0.2, 0.25) is 0 Å². The highest BCUT2D eigenvalue weighted by atomic mass is 16.3. The molecule has 0 amide bonds. The molecular weight excluding hydrogens is 356 g/mol. The van der Waals surface area contributed by atoms with Gasteiger partial charge in [0.15, 0.2) is 0 Å². The van der Waals surface area contributed by atoms with Crippen molar-refractivity contribution in [3.63, 3.8) is 0 Å². The smallest absolute Gasteiger partial charge is 0.136 e. The zero-order valence-corrected chi connectivity index (χ0v) is 19.0. The van der Waals surface area contributed by atoms with Gasteiger partial charge in [0.2, 0.25) is 0 Å². The van der Waals surface area contributed by atoms with E-state index in [2.05, 4.69) is 41.5 Å². The Morgan fingerprint density at radius 2 is 1.43 bits per heavy atom. The molecule has 5 atom stereocenters. The minimum Gasteiger partial charge on any atom is -0.394 e. The van der Waals surface area contributed by atoms with E-state index in [1.165, 1.54) is 19.3 Å². The van der Waals surface area contributed by atoms with Crippen molar-refractivity contribution in [2.45, 2.75) is 92.3 Å². The van der Waals surface area contributed by atoms with Crippen LogP contribution >= 0.6 is 0 Å². The monoisotopic (exact) mass is 402 g/mol. The summed E-state index contributed by atoms with van der Waals surface area (Å²) in [6.07, 6.45) is 5.75. The summed E-state index contributed by atoms with van der Waals surface area (Å²) in [5.74, 6) is 4.00. The lowest BCUT2D eigenvalue weighted by atomic mass is 9.75. The summed E-state index contributed by atoms with van der Waals surface area (Å²) in [6.45, 7) is 12.4. The highest BCUT2D eigenvalue weighted by Crippen LogP contribution is 2.33. The Balaban J connectivity index is 0.000000411. The Hall–Kier alpha value is -0.490. The molecule has 2 fully saturated rings. The van der Waals surface area contributed by atoms with Gasteiger partial charge in [-0.25, -0.2) is 0 Å². The number of carbonyl (C=O) groups excluding carboxylic acids is 1. The molecule has 0 spiro atoms. The lowest BCUT2D eigenvalue weighted by Crippen LogP contribution is -2.31. The van der Waals surface area contributed by atoms with Crippen LogP contribution in [0.5, 0.6) is 0 Å². The van der Waals surface area contributed by atoms with E-state index in [4.69, 9.17) is 15.3 Å². The Labute approximate surface area is 172 Å². The molecule has 0 heterocycles. The van der Waals surface area contributed by atoms with E-state index in [0.717, 1.165) is 25.2 Å². The molecule has 0 aliphatic heterocycles. The van der Waals surface area contributed by atoms with Gasteiger partial charge in [0.1, 0.15) is 11.9 Å². The SMILES string of the molecule is CC(C)[C@H]1CC[C@H](C)CC1=O.CC1CCC(C(C)C)C(O)C1.OCC(O)CO. The van der Waals surface area contributed by atoms with Gasteiger partial charge in [-0.05, 0) is 55.3 Å². The summed E-state index contributed by atoms with van der Waals surface area (Å²) < 4.78 is 0. The Morgan fingerprint density at radius 3 is 1.79 bits per heavy atom. The standard InChI is InChI=1S/C10H20O.C10H18O.C3H8O3/c2*1-7(2)9-5-4-8(3)6-10(9)11;4-1-3(6)2-5/h7-11H,4-6H2,1-3H3;7-9H,4-6H2,1-3H3;3-6H,1-2H2/t;8-,9+;/m.0./s1. The van der Waals surface area contributed by atoms with Crippen molar-refractivity contribution in [3.05, 3.63) is 0 Å². The van der Waals surface area contributed by atoms with Crippen LogP contribution in [-0.2, 0) is 4.79 Å². The van der Waals surface area contributed by atoms with Gasteiger partial charge in [-0.3, -0.25) is 4.79 Å². The number of hydrogen-bond donors (Lipinski definition) is 4. The van der Waals surface area contributed by atoms with E-state index in [-0.39, 0.29) is 19.3 Å². The molecule has 2 saturated carbocycles. The summed E-state index contributed by atoms with van der Waals surface area (Å²) in [4.78, 5) is 11.4. The van der Waals surface area contributed by atoms with E-state index in [1.54, 1.807) is 0 Å². The van der Waals surface area contributed by atoms with Gasteiger partial charge in [0.25, 0.3) is 0 Å². The van der Waals surface area contributed by atoms with E-state index < -0.39 is 6.10 Å². The Bertz CT molecular complexity index is 406. The zero-order chi connectivity index (χ0) is 21.9. The van der Waals surface area contributed by atoms with Crippen molar-refractivity contribution in [1.29, 1.82) is 0 Å². The van der Waals surface area contributed by atoms with Crippen molar-refractivity contribution >= 4 is 5.78 Å². The minimum atomic E-state index is -0.954. The highest BCUT2D eigenvalue weighted by molar-refractivity contribution is 5.82. The number of aliphatic hydroxyl groups is 4. The summed E-state index contributed by atoms with van der Waals surface area (Å²) in [7, 11) is 0. The molecule has 5 heteroatoms. The first-order valence-electron chi connectivity index (χ1n) is 11.1. The van der Waals surface area contributed by atoms with E-state index >= 15 is 0 Å². The summed E-state index contributed by atoms with van der Waals surface area (Å²) in [6, 6.07) is 0. The number of ketones is 1. The van der Waals surface area contributed by atoms with Crippen LogP contribution in [-0.4, -0.2) is 51.6 Å². The van der Waals surface area contributed by atoms with Gasteiger partial charge in [-0.15, -0.1) is 0 Å². The lowest BCUT2D eigenvalue weighted by molar-refractivity contribution is -0.127. The van der Waals surface area contributed by atoms with Crippen molar-refractivity contribution < 1.29 is 25.2 Å². The highest BCUT2D eigenvalue weighted by Gasteiger charge is 2.29. The molecule has 0 saturated heterocycles. The Kier molecular flexibility index (Phi) is 14.2. The normalized spacial score (nSPS) is 30.6. The van der Waals surface area contributed by atoms with Crippen LogP contribution in [0.25, 0.3) is 0 Å². The fourth-order valence-electron chi connectivity index (χ4n) is 4.14. The van der Waals surface area contributed by atoms with Gasteiger partial charge in [0.05, 0.1) is 19.3 Å². The third-order valence-corrected chi connectivity index (χ3v) is 6.15. The molecule has 0 bridgehead atoms. The molecule has 4 N–H and O–H groups in total. The van der Waals surface area contributed by atoms with Crippen molar-refractivity contribution in [2.75, 3.05) is 13.2 Å². The van der Waals surface area contributed by atoms with Crippen LogP contribution in [0, 0.1) is 35.5 Å². The largest absolute Gasteiger partial charge is 0.394 e. The molecule has 0 radical (unpaired) electrons. The second-order valence-electron chi connectivity index (χ2n) is 9.62. The first-order chi connectivity index (χ1) is 13.0. The summed E-state index contributed by atoms with van der Waals surface area (Å²) in [5.41, 5.74) is 0. The zero-order valence-electron chi connectivity index (χ0n) is 19.0. The number of hydrogen-bond acceptors (Lipinski definition) is 5. The van der Waals surface area contributed by atoms with Crippen molar-refractivity contribution in [2.24, 2.45) is 35.5 Å². The van der Waals surface area contributed by atoms with Crippen LogP contribution in [0.3, 0.4) is 0 Å². The lowest BCUT2D eigenvalue weighted by Gasteiger charge is -2.33. The van der Waals surface area contributed by atoms with Gasteiger partial charge < -0.3 is 20.4 Å². The first kappa shape index (κ1) is 27.5. The predicted molar refractivity (Wildman–Crippen MR) is 114 cm³/mol. The average molecular weight is 403 g/mol. The van der Waals surface area contributed by atoms with Crippen LogP contribution in [0.15, 0.2) is 0 Å². The molecule has 168 valence electrons. The van der Waals surface area contributed by atoms with E-state index in [1.807, 2.05) is 0 Å². The summed E-state index contributed by atoms with van der Waals surface area (Å²) >= 11 is 0. The number of carbonyl (C=O) groups is 1. The topological polar surface area (TPSA) is 98.0 Å². The molecule has 2 aliphatic carbocycles. The predicted octanol–water partition coefficient (Wildman–Crippen LogP) is 3.42. The number of rotatable bonds is 4. The van der Waals surface area contributed by atoms with Crippen LogP contribution < -0.4 is 0 Å². The second-order valence-corrected chi connectivity index (χ2v) is 9.62. The third-order valence-electron chi connectivity index (χ3n) is 6.15. The van der Waals surface area contributed by atoms with Crippen LogP contribution in [0.4, 0.5) is 0 Å². The van der Waals surface area contributed by atoms with E-state index in [9.17, 15) is 9.90 Å². The fraction of sp³-hybridized carbons (Fsp3) is 0.957. The molecular formula is C23H46O5. The van der Waals surface area contributed by atoms with Crippen LogP contribution in [0.1, 0.15) is 80.1 Å². The molecule has 0 aromatic rings. The van der Waals surface area contributed by atoms with Gasteiger partial charge in [-0.1, -0.05) is 48.0 Å². The molecule has 5 nitrogen and oxygen atoms in total. The molecule has 28 heavy (non-hydrogen) atoms.